The summed E-state index contributed by atoms with van der Waals surface area (Å²) in [5.74, 6) is -0.521. The first-order chi connectivity index (χ1) is 13.0. The normalized spacial score (nSPS) is 12.2. The number of hydrogen-bond donors (Lipinski definition) is 1. The van der Waals surface area contributed by atoms with Crippen molar-refractivity contribution in [2.24, 2.45) is 0 Å². The molecule has 1 amide bonds. The molecule has 0 bridgehead atoms. The van der Waals surface area contributed by atoms with E-state index in [0.717, 1.165) is 16.4 Å². The largest absolute Gasteiger partial charge is 0.416 e. The van der Waals surface area contributed by atoms with Gasteiger partial charge in [0.05, 0.1) is 17.0 Å². The van der Waals surface area contributed by atoms with Crippen LogP contribution in [-0.4, -0.2) is 38.8 Å². The summed E-state index contributed by atoms with van der Waals surface area (Å²) in [6, 6.07) is 10.2. The number of hydrogen-bond acceptors (Lipinski definition) is 3. The number of carbonyl (C=O) groups excluding carboxylic acids is 1. The number of rotatable bonds is 7. The van der Waals surface area contributed by atoms with Crippen LogP contribution < -0.4 is 5.32 Å². The summed E-state index contributed by atoms with van der Waals surface area (Å²) in [6.45, 7) is -0.225. The highest BCUT2D eigenvalue weighted by Gasteiger charge is 2.29. The molecule has 152 valence electrons. The molecule has 0 saturated heterocycles. The first-order valence-corrected chi connectivity index (χ1v) is 9.96. The quantitative estimate of drug-likeness (QED) is 0.726. The lowest BCUT2D eigenvalue weighted by Gasteiger charge is -2.17. The monoisotopic (exact) mass is 434 g/mol. The molecule has 0 spiro atoms. The number of nitrogens with zero attached hydrogens (tertiary/aromatic N) is 1. The van der Waals surface area contributed by atoms with Crippen molar-refractivity contribution in [3.8, 4) is 0 Å². The second-order valence-electron chi connectivity index (χ2n) is 6.01. The fraction of sp³-hybridized carbons (Fsp3) is 0.278. The first-order valence-electron chi connectivity index (χ1n) is 8.15. The molecule has 0 aliphatic heterocycles. The summed E-state index contributed by atoms with van der Waals surface area (Å²) >= 11 is 5.74. The zero-order chi connectivity index (χ0) is 20.9. The molecule has 2 rings (SSSR count). The Balaban J connectivity index is 1.85. The topological polar surface area (TPSA) is 66.5 Å². The molecule has 0 aliphatic carbocycles. The van der Waals surface area contributed by atoms with Crippen molar-refractivity contribution in [1.29, 1.82) is 0 Å². The Kier molecular flexibility index (Phi) is 7.08. The van der Waals surface area contributed by atoms with Crippen LogP contribution in [0.1, 0.15) is 11.1 Å². The van der Waals surface area contributed by atoms with Crippen LogP contribution in [0.25, 0.3) is 0 Å². The average Bonchev–Trinajstić information content (AvgIpc) is 2.61. The Morgan fingerprint density at radius 3 is 2.18 bits per heavy atom. The summed E-state index contributed by atoms with van der Waals surface area (Å²) in [5.41, 5.74) is -0.121. The third-order valence-corrected chi connectivity index (χ3v) is 5.97. The van der Waals surface area contributed by atoms with Gasteiger partial charge in [0, 0.05) is 18.6 Å². The van der Waals surface area contributed by atoms with Gasteiger partial charge in [-0.05, 0) is 48.4 Å². The van der Waals surface area contributed by atoms with Crippen molar-refractivity contribution in [3.63, 3.8) is 0 Å². The van der Waals surface area contributed by atoms with Crippen molar-refractivity contribution in [2.75, 3.05) is 20.1 Å². The van der Waals surface area contributed by atoms with Gasteiger partial charge in [0.15, 0.2) is 0 Å². The second-order valence-corrected chi connectivity index (χ2v) is 8.49. The van der Waals surface area contributed by atoms with E-state index in [0.29, 0.717) is 17.0 Å². The molecular weight excluding hydrogens is 417 g/mol. The van der Waals surface area contributed by atoms with Crippen LogP contribution in [0.15, 0.2) is 53.4 Å². The Labute approximate surface area is 166 Å². The molecule has 28 heavy (non-hydrogen) atoms. The number of nitrogens with one attached hydrogen (secondary N) is 1. The van der Waals surface area contributed by atoms with E-state index in [4.69, 9.17) is 11.6 Å². The van der Waals surface area contributed by atoms with Gasteiger partial charge in [0.2, 0.25) is 15.9 Å². The number of sulfonamides is 1. The number of benzene rings is 2. The van der Waals surface area contributed by atoms with E-state index in [2.05, 4.69) is 5.32 Å². The van der Waals surface area contributed by atoms with Crippen molar-refractivity contribution >= 4 is 27.5 Å². The minimum absolute atomic E-state index is 0.0111. The van der Waals surface area contributed by atoms with Gasteiger partial charge >= 0.3 is 6.18 Å². The predicted octanol–water partition coefficient (Wildman–Crippen LogP) is 3.34. The van der Waals surface area contributed by atoms with Gasteiger partial charge in [-0.2, -0.15) is 17.5 Å². The molecule has 5 nitrogen and oxygen atoms in total. The fourth-order valence-corrected chi connectivity index (χ4v) is 3.59. The third kappa shape index (κ3) is 5.95. The highest BCUT2D eigenvalue weighted by molar-refractivity contribution is 7.89. The highest BCUT2D eigenvalue weighted by atomic mass is 35.5. The predicted molar refractivity (Wildman–Crippen MR) is 99.4 cm³/mol. The van der Waals surface area contributed by atoms with E-state index < -0.39 is 34.2 Å². The molecule has 0 aromatic heterocycles. The van der Waals surface area contributed by atoms with Crippen molar-refractivity contribution < 1.29 is 26.4 Å². The summed E-state index contributed by atoms with van der Waals surface area (Å²) in [6.07, 6.45) is -4.08. The molecule has 0 aliphatic rings. The van der Waals surface area contributed by atoms with Crippen LogP contribution in [0.4, 0.5) is 13.2 Å². The van der Waals surface area contributed by atoms with Gasteiger partial charge in [-0.3, -0.25) is 4.79 Å². The number of amides is 1. The van der Waals surface area contributed by atoms with Gasteiger partial charge in [-0.1, -0.05) is 23.7 Å². The summed E-state index contributed by atoms with van der Waals surface area (Å²) < 4.78 is 63.3. The van der Waals surface area contributed by atoms with Crippen molar-refractivity contribution in [2.45, 2.75) is 17.5 Å². The second kappa shape index (κ2) is 8.93. The fourth-order valence-electron chi connectivity index (χ4n) is 2.34. The van der Waals surface area contributed by atoms with Gasteiger partial charge < -0.3 is 5.32 Å². The Morgan fingerprint density at radius 2 is 1.64 bits per heavy atom. The van der Waals surface area contributed by atoms with E-state index in [-0.39, 0.29) is 11.4 Å². The van der Waals surface area contributed by atoms with Crippen molar-refractivity contribution in [3.05, 3.63) is 64.7 Å². The molecule has 1 N–H and O–H groups in total. The van der Waals surface area contributed by atoms with Gasteiger partial charge in [-0.15, -0.1) is 0 Å². The molecule has 0 unspecified atom stereocenters. The summed E-state index contributed by atoms with van der Waals surface area (Å²) in [5, 5.41) is 2.94. The number of likely N-dealkylation sites (N-methyl/N-ethyl adjacent to an activating group) is 1. The first kappa shape index (κ1) is 22.2. The molecule has 2 aromatic rings. The van der Waals surface area contributed by atoms with E-state index in [1.54, 1.807) is 0 Å². The van der Waals surface area contributed by atoms with Gasteiger partial charge in [0.25, 0.3) is 0 Å². The van der Waals surface area contributed by atoms with E-state index >= 15 is 0 Å². The molecule has 0 saturated carbocycles. The molecule has 0 fully saturated rings. The SMILES string of the molecule is CN(CC(=O)NCCc1ccc(C(F)(F)F)cc1)S(=O)(=O)c1ccc(Cl)cc1. The standard InChI is InChI=1S/C18H18ClF3N2O3S/c1-24(28(26,27)16-8-6-15(19)7-9-16)12-17(25)23-11-10-13-2-4-14(5-3-13)18(20,21)22/h2-9H,10-12H2,1H3,(H,23,25). The third-order valence-electron chi connectivity index (χ3n) is 3.91. The van der Waals surface area contributed by atoms with Gasteiger partial charge in [-0.25, -0.2) is 8.42 Å². The van der Waals surface area contributed by atoms with Crippen LogP contribution in [0.5, 0.6) is 0 Å². The summed E-state index contributed by atoms with van der Waals surface area (Å²) in [7, 11) is -2.56. The maximum atomic E-state index is 12.5. The molecular formula is C18H18ClF3N2O3S. The molecule has 0 heterocycles. The zero-order valence-electron chi connectivity index (χ0n) is 14.8. The van der Waals surface area contributed by atoms with Crippen LogP contribution in [0.2, 0.25) is 5.02 Å². The summed E-state index contributed by atoms with van der Waals surface area (Å²) in [4.78, 5) is 12.0. The van der Waals surface area contributed by atoms with Crippen LogP contribution in [-0.2, 0) is 27.4 Å². The molecule has 0 atom stereocenters. The minimum atomic E-state index is -4.40. The van der Waals surface area contributed by atoms with Crippen LogP contribution in [0, 0.1) is 0 Å². The Hall–Kier alpha value is -2.10. The van der Waals surface area contributed by atoms with Gasteiger partial charge in [0.1, 0.15) is 0 Å². The maximum Gasteiger partial charge on any atom is 0.416 e. The Morgan fingerprint density at radius 1 is 1.07 bits per heavy atom. The van der Waals surface area contributed by atoms with Crippen molar-refractivity contribution in [1.82, 2.24) is 9.62 Å². The molecule has 10 heteroatoms. The van der Waals surface area contributed by atoms with Crippen LogP contribution >= 0.6 is 11.6 Å². The number of alkyl halides is 3. The Bertz CT molecular complexity index is 915. The zero-order valence-corrected chi connectivity index (χ0v) is 16.4. The molecule has 0 radical (unpaired) electrons. The number of halogens is 4. The molecule has 2 aromatic carbocycles. The maximum absolute atomic E-state index is 12.5. The van der Waals surface area contributed by atoms with Crippen LogP contribution in [0.3, 0.4) is 0 Å². The lowest BCUT2D eigenvalue weighted by atomic mass is 10.1. The van der Waals surface area contributed by atoms with E-state index in [1.807, 2.05) is 0 Å². The lowest BCUT2D eigenvalue weighted by molar-refractivity contribution is -0.137. The number of carbonyl (C=O) groups is 1. The average molecular weight is 435 g/mol. The lowest BCUT2D eigenvalue weighted by Crippen LogP contribution is -2.39. The minimum Gasteiger partial charge on any atom is -0.355 e. The smallest absolute Gasteiger partial charge is 0.355 e. The van der Waals surface area contributed by atoms with E-state index in [1.165, 1.54) is 43.4 Å². The highest BCUT2D eigenvalue weighted by Crippen LogP contribution is 2.29. The van der Waals surface area contributed by atoms with E-state index in [9.17, 15) is 26.4 Å².